The van der Waals surface area contributed by atoms with Gasteiger partial charge in [0.1, 0.15) is 6.29 Å². The Balaban J connectivity index is 0.000000342. The Bertz CT molecular complexity index is 1060. The Labute approximate surface area is 306 Å². The first-order valence-corrected chi connectivity index (χ1v) is 19.6. The van der Waals surface area contributed by atoms with Gasteiger partial charge in [-0.2, -0.15) is 0 Å². The number of unbranched alkanes of at least 4 members (excludes halogenated alkanes) is 1. The maximum Gasteiger partial charge on any atom is 0.225 e. The van der Waals surface area contributed by atoms with Crippen molar-refractivity contribution < 1.29 is 14.4 Å². The fourth-order valence-corrected chi connectivity index (χ4v) is 6.46. The minimum atomic E-state index is 0.203. The van der Waals surface area contributed by atoms with Gasteiger partial charge in [0, 0.05) is 75.1 Å². The lowest BCUT2D eigenvalue weighted by Crippen LogP contribution is -2.48. The summed E-state index contributed by atoms with van der Waals surface area (Å²) in [6, 6.07) is 8.84. The predicted octanol–water partition coefficient (Wildman–Crippen LogP) is 8.79. The second-order valence-electron chi connectivity index (χ2n) is 15.9. The van der Waals surface area contributed by atoms with Crippen LogP contribution in [0.1, 0.15) is 132 Å². The van der Waals surface area contributed by atoms with Crippen LogP contribution >= 0.6 is 11.6 Å². The average molecular weight is 706 g/mol. The first-order chi connectivity index (χ1) is 23.0. The van der Waals surface area contributed by atoms with Crippen LogP contribution in [0, 0.1) is 17.8 Å². The molecular weight excluding hydrogens is 632 g/mol. The van der Waals surface area contributed by atoms with E-state index in [9.17, 15) is 14.4 Å². The molecule has 0 radical (unpaired) electrons. The summed E-state index contributed by atoms with van der Waals surface area (Å²) in [6.45, 7) is 25.2. The minimum absolute atomic E-state index is 0.203. The third-order valence-corrected chi connectivity index (χ3v) is 10.9. The molecule has 2 unspecified atom stereocenters. The molecule has 49 heavy (non-hydrogen) atoms. The van der Waals surface area contributed by atoms with Gasteiger partial charge in [-0.1, -0.05) is 71.2 Å². The summed E-state index contributed by atoms with van der Waals surface area (Å²) in [6.07, 6.45) is 11.5. The summed E-state index contributed by atoms with van der Waals surface area (Å²) in [5, 5.41) is 0.828. The van der Waals surface area contributed by atoms with Gasteiger partial charge in [-0.25, -0.2) is 0 Å². The van der Waals surface area contributed by atoms with Crippen LogP contribution in [0.3, 0.4) is 0 Å². The molecule has 8 heteroatoms. The van der Waals surface area contributed by atoms with E-state index < -0.39 is 0 Å². The second kappa shape index (κ2) is 23.5. The topological polar surface area (TPSA) is 64.2 Å². The van der Waals surface area contributed by atoms with Gasteiger partial charge >= 0.3 is 0 Å². The molecular formula is C41H73ClN4O3. The van der Waals surface area contributed by atoms with Crippen molar-refractivity contribution in [3.8, 4) is 0 Å². The number of benzene rings is 1. The Morgan fingerprint density at radius 3 is 1.96 bits per heavy atom. The van der Waals surface area contributed by atoms with Crippen LogP contribution in [0.4, 0.5) is 0 Å². The summed E-state index contributed by atoms with van der Waals surface area (Å²) in [4.78, 5) is 41.6. The molecule has 0 spiro atoms. The van der Waals surface area contributed by atoms with Crippen molar-refractivity contribution >= 4 is 29.7 Å². The van der Waals surface area contributed by atoms with E-state index >= 15 is 0 Å². The highest BCUT2D eigenvalue weighted by Crippen LogP contribution is 2.32. The van der Waals surface area contributed by atoms with Crippen LogP contribution in [0.5, 0.6) is 0 Å². The number of hydrogen-bond donors (Lipinski definition) is 0. The number of rotatable bonds is 8. The molecule has 1 aromatic carbocycles. The molecule has 1 aliphatic carbocycles. The van der Waals surface area contributed by atoms with Gasteiger partial charge in [0.2, 0.25) is 11.8 Å². The monoisotopic (exact) mass is 705 g/mol. The number of likely N-dealkylation sites (N-methyl/N-ethyl adjacent to an activating group) is 1. The SMILES string of the molecule is CC(=O)N(C)C1CCC(C)CC1.CC(C)(C)N1CCC(c2ccc(Cl)cc2)C1.CCC(C)C=O.CCCC[C@@H](C)C(=O)N1CCN(C)CC1. The molecule has 2 amide bonds. The summed E-state index contributed by atoms with van der Waals surface area (Å²) < 4.78 is 0. The van der Waals surface area contributed by atoms with Gasteiger partial charge in [-0.15, -0.1) is 0 Å². The number of amides is 2. The Morgan fingerprint density at radius 2 is 1.53 bits per heavy atom. The quantitative estimate of drug-likeness (QED) is 0.253. The van der Waals surface area contributed by atoms with Crippen LogP contribution < -0.4 is 0 Å². The van der Waals surface area contributed by atoms with Gasteiger partial charge in [0.15, 0.2) is 0 Å². The van der Waals surface area contributed by atoms with Crippen molar-refractivity contribution in [1.82, 2.24) is 19.6 Å². The van der Waals surface area contributed by atoms with Crippen molar-refractivity contribution in [3.63, 3.8) is 0 Å². The van der Waals surface area contributed by atoms with Crippen molar-refractivity contribution in [2.24, 2.45) is 17.8 Å². The molecule has 2 heterocycles. The normalized spacial score (nSPS) is 22.6. The Hall–Kier alpha value is -1.96. The van der Waals surface area contributed by atoms with E-state index in [1.165, 1.54) is 63.6 Å². The highest BCUT2D eigenvalue weighted by atomic mass is 35.5. The number of aldehydes is 1. The predicted molar refractivity (Wildman–Crippen MR) is 208 cm³/mol. The molecule has 2 saturated heterocycles. The van der Waals surface area contributed by atoms with E-state index in [1.807, 2.05) is 42.8 Å². The Kier molecular flexibility index (Phi) is 21.6. The van der Waals surface area contributed by atoms with Gasteiger partial charge in [0.05, 0.1) is 0 Å². The first-order valence-electron chi connectivity index (χ1n) is 19.2. The molecule has 0 bridgehead atoms. The summed E-state index contributed by atoms with van der Waals surface area (Å²) >= 11 is 5.91. The zero-order valence-corrected chi connectivity index (χ0v) is 34.0. The molecule has 3 atom stereocenters. The average Bonchev–Trinajstić information content (AvgIpc) is 3.59. The smallest absolute Gasteiger partial charge is 0.225 e. The third-order valence-electron chi connectivity index (χ3n) is 10.6. The zero-order valence-electron chi connectivity index (χ0n) is 33.3. The molecule has 4 rings (SSSR count). The largest absolute Gasteiger partial charge is 0.343 e. The van der Waals surface area contributed by atoms with Crippen molar-refractivity contribution in [1.29, 1.82) is 0 Å². The highest BCUT2D eigenvalue weighted by Gasteiger charge is 2.31. The number of halogens is 1. The van der Waals surface area contributed by atoms with Crippen LogP contribution in [0.2, 0.25) is 5.02 Å². The van der Waals surface area contributed by atoms with Gasteiger partial charge < -0.3 is 19.5 Å². The van der Waals surface area contributed by atoms with E-state index in [1.54, 1.807) is 6.92 Å². The molecule has 0 N–H and O–H groups in total. The number of carbonyl (C=O) groups is 3. The molecule has 7 nitrogen and oxygen atoms in total. The van der Waals surface area contributed by atoms with Crippen LogP contribution in [-0.2, 0) is 14.4 Å². The number of piperazine rings is 1. The van der Waals surface area contributed by atoms with Crippen LogP contribution in [0.15, 0.2) is 24.3 Å². The zero-order chi connectivity index (χ0) is 37.1. The van der Waals surface area contributed by atoms with Crippen molar-refractivity contribution in [2.75, 3.05) is 53.4 Å². The molecule has 3 aliphatic rings. The van der Waals surface area contributed by atoms with Gasteiger partial charge in [-0.05, 0) is 109 Å². The molecule has 0 aromatic heterocycles. The van der Waals surface area contributed by atoms with E-state index in [4.69, 9.17) is 11.6 Å². The summed E-state index contributed by atoms with van der Waals surface area (Å²) in [5.41, 5.74) is 1.72. The van der Waals surface area contributed by atoms with E-state index in [-0.39, 0.29) is 17.7 Å². The maximum atomic E-state index is 12.0. The minimum Gasteiger partial charge on any atom is -0.343 e. The lowest BCUT2D eigenvalue weighted by molar-refractivity contribution is -0.136. The molecule has 1 saturated carbocycles. The number of likely N-dealkylation sites (tertiary alicyclic amines) is 1. The molecule has 282 valence electrons. The van der Waals surface area contributed by atoms with Crippen molar-refractivity contribution in [2.45, 2.75) is 138 Å². The number of hydrogen-bond acceptors (Lipinski definition) is 5. The van der Waals surface area contributed by atoms with Gasteiger partial charge in [-0.3, -0.25) is 14.5 Å². The van der Waals surface area contributed by atoms with Crippen molar-refractivity contribution in [3.05, 3.63) is 34.9 Å². The standard InChI is InChI=1S/C14H20ClN.C12H24N2O.C10H19NO.C5H10O/c1-14(2,3)16-9-8-12(10-16)11-4-6-13(15)7-5-11;1-4-5-6-11(2)12(15)14-9-7-13(3)8-10-14;1-8-4-6-10(7-5-8)11(3)9(2)12;1-3-5(2)4-6/h4-7,12H,8-10H2,1-3H3;11H,4-10H2,1-3H3;8,10H,4-7H2,1-3H3;4-5H,3H2,1-2H3/t;11-;;/m.1../s1. The lowest BCUT2D eigenvalue weighted by Gasteiger charge is -2.34. The van der Waals surface area contributed by atoms with E-state index in [0.29, 0.717) is 23.4 Å². The molecule has 1 aromatic rings. The molecule has 3 fully saturated rings. The van der Waals surface area contributed by atoms with Gasteiger partial charge in [0.25, 0.3) is 0 Å². The lowest BCUT2D eigenvalue weighted by atomic mass is 9.87. The summed E-state index contributed by atoms with van der Waals surface area (Å²) in [5.74, 6) is 2.57. The third kappa shape index (κ3) is 17.7. The highest BCUT2D eigenvalue weighted by molar-refractivity contribution is 6.30. The summed E-state index contributed by atoms with van der Waals surface area (Å²) in [7, 11) is 4.03. The first kappa shape index (κ1) is 45.1. The fraction of sp³-hybridized carbons (Fsp3) is 0.780. The van der Waals surface area contributed by atoms with Crippen LogP contribution in [-0.4, -0.2) is 103 Å². The fourth-order valence-electron chi connectivity index (χ4n) is 6.33. The number of nitrogens with zero attached hydrogens (tertiary/aromatic N) is 4. The Morgan fingerprint density at radius 1 is 0.959 bits per heavy atom. The van der Waals surface area contributed by atoms with E-state index in [2.05, 4.69) is 70.5 Å². The second-order valence-corrected chi connectivity index (χ2v) is 16.3. The maximum absolute atomic E-state index is 12.0. The number of carbonyl (C=O) groups excluding carboxylic acids is 3. The molecule has 2 aliphatic heterocycles. The van der Waals surface area contributed by atoms with Crippen LogP contribution in [0.25, 0.3) is 0 Å². The van der Waals surface area contributed by atoms with E-state index in [0.717, 1.165) is 56.2 Å².